The predicted molar refractivity (Wildman–Crippen MR) is 76.2 cm³/mol. The molecule has 20 heavy (non-hydrogen) atoms. The molecule has 0 saturated heterocycles. The van der Waals surface area contributed by atoms with Crippen LogP contribution in [-0.2, 0) is 6.54 Å². The Morgan fingerprint density at radius 2 is 2.20 bits per heavy atom. The lowest BCUT2D eigenvalue weighted by Gasteiger charge is -2.13. The highest BCUT2D eigenvalue weighted by Gasteiger charge is 2.07. The molecule has 0 spiro atoms. The van der Waals surface area contributed by atoms with Crippen LogP contribution in [0.1, 0.15) is 29.9 Å². The fraction of sp³-hybridized carbons (Fsp3) is 0.214. The van der Waals surface area contributed by atoms with Crippen molar-refractivity contribution in [3.63, 3.8) is 0 Å². The smallest absolute Gasteiger partial charge is 0.188 e. The van der Waals surface area contributed by atoms with Gasteiger partial charge in [-0.05, 0) is 36.8 Å². The molecule has 0 unspecified atom stereocenters. The maximum atomic E-state index is 8.64. The first-order valence-electron chi connectivity index (χ1n) is 6.28. The van der Waals surface area contributed by atoms with Crippen molar-refractivity contribution < 1.29 is 5.21 Å². The first kappa shape index (κ1) is 14.0. The highest BCUT2D eigenvalue weighted by molar-refractivity contribution is 5.95. The second-order valence-electron chi connectivity index (χ2n) is 4.39. The van der Waals surface area contributed by atoms with Crippen LogP contribution in [0.2, 0.25) is 0 Å². The van der Waals surface area contributed by atoms with Gasteiger partial charge < -0.3 is 16.3 Å². The molecule has 2 aromatic rings. The van der Waals surface area contributed by atoms with E-state index in [4.69, 9.17) is 10.9 Å². The summed E-state index contributed by atoms with van der Waals surface area (Å²) in [6.45, 7) is 2.69. The fourth-order valence-electron chi connectivity index (χ4n) is 1.78. The summed E-state index contributed by atoms with van der Waals surface area (Å²) in [6, 6.07) is 9.63. The number of rotatable bonds is 5. The van der Waals surface area contributed by atoms with E-state index in [1.54, 1.807) is 18.5 Å². The zero-order valence-corrected chi connectivity index (χ0v) is 11.2. The van der Waals surface area contributed by atoms with Crippen molar-refractivity contribution in [2.45, 2.75) is 19.5 Å². The fourth-order valence-corrected chi connectivity index (χ4v) is 1.78. The van der Waals surface area contributed by atoms with Gasteiger partial charge in [0.2, 0.25) is 0 Å². The van der Waals surface area contributed by atoms with Gasteiger partial charge in [0.15, 0.2) is 5.84 Å². The Labute approximate surface area is 117 Å². The Hall–Kier alpha value is -2.47. The second kappa shape index (κ2) is 6.63. The number of nitrogens with one attached hydrogen (secondary N) is 1. The van der Waals surface area contributed by atoms with Crippen LogP contribution in [0.5, 0.6) is 0 Å². The Kier molecular flexibility index (Phi) is 4.62. The number of amidine groups is 1. The van der Waals surface area contributed by atoms with E-state index in [9.17, 15) is 0 Å². The maximum Gasteiger partial charge on any atom is 0.188 e. The summed E-state index contributed by atoms with van der Waals surface area (Å²) in [5.74, 6) is 0.00428. The van der Waals surface area contributed by atoms with Crippen LogP contribution in [-0.4, -0.2) is 21.0 Å². The summed E-state index contributed by atoms with van der Waals surface area (Å²) in [5.41, 5.74) is 7.96. The molecular weight excluding hydrogens is 254 g/mol. The van der Waals surface area contributed by atoms with E-state index in [0.29, 0.717) is 12.2 Å². The molecule has 6 nitrogen and oxygen atoms in total. The lowest BCUT2D eigenvalue weighted by atomic mass is 10.1. The van der Waals surface area contributed by atoms with Crippen LogP contribution >= 0.6 is 0 Å². The molecule has 0 amide bonds. The molecule has 0 bridgehead atoms. The van der Waals surface area contributed by atoms with E-state index >= 15 is 0 Å². The number of hydrogen-bond acceptors (Lipinski definition) is 5. The van der Waals surface area contributed by atoms with Crippen molar-refractivity contribution >= 4 is 5.84 Å². The molecular formula is C14H17N5O. The molecule has 6 heteroatoms. The first-order chi connectivity index (χ1) is 9.70. The molecule has 0 fully saturated rings. The SMILES string of the molecule is C[C@@H](NCc1ccnc(/C(N)=N/O)c1)c1ccccn1. The molecule has 4 N–H and O–H groups in total. The largest absolute Gasteiger partial charge is 0.409 e. The molecule has 0 aliphatic rings. The molecule has 0 radical (unpaired) electrons. The summed E-state index contributed by atoms with van der Waals surface area (Å²) in [6.07, 6.45) is 3.41. The third kappa shape index (κ3) is 3.52. The molecule has 104 valence electrons. The first-order valence-corrected chi connectivity index (χ1v) is 6.28. The van der Waals surface area contributed by atoms with Crippen LogP contribution in [0.4, 0.5) is 0 Å². The minimum atomic E-state index is 0.00428. The van der Waals surface area contributed by atoms with E-state index in [1.165, 1.54) is 0 Å². The zero-order chi connectivity index (χ0) is 14.4. The number of hydrogen-bond donors (Lipinski definition) is 3. The minimum absolute atomic E-state index is 0.00428. The summed E-state index contributed by atoms with van der Waals surface area (Å²) in [7, 11) is 0. The normalized spacial score (nSPS) is 13.2. The van der Waals surface area contributed by atoms with Crippen LogP contribution in [0, 0.1) is 0 Å². The van der Waals surface area contributed by atoms with E-state index in [-0.39, 0.29) is 11.9 Å². The van der Waals surface area contributed by atoms with Gasteiger partial charge in [-0.25, -0.2) is 0 Å². The van der Waals surface area contributed by atoms with E-state index in [2.05, 4.69) is 20.4 Å². The zero-order valence-electron chi connectivity index (χ0n) is 11.2. The van der Waals surface area contributed by atoms with Crippen molar-refractivity contribution in [1.82, 2.24) is 15.3 Å². The number of aromatic nitrogens is 2. The van der Waals surface area contributed by atoms with Crippen molar-refractivity contribution in [1.29, 1.82) is 0 Å². The summed E-state index contributed by atoms with van der Waals surface area (Å²) >= 11 is 0. The summed E-state index contributed by atoms with van der Waals surface area (Å²) < 4.78 is 0. The van der Waals surface area contributed by atoms with Crippen molar-refractivity contribution in [2.75, 3.05) is 0 Å². The molecule has 0 aromatic carbocycles. The van der Waals surface area contributed by atoms with Gasteiger partial charge >= 0.3 is 0 Å². The van der Waals surface area contributed by atoms with Crippen LogP contribution in [0.3, 0.4) is 0 Å². The molecule has 0 aliphatic carbocycles. The lowest BCUT2D eigenvalue weighted by molar-refractivity contribution is 0.318. The standard InChI is InChI=1S/C14H17N5O/c1-10(12-4-2-3-6-16-12)18-9-11-5-7-17-13(8-11)14(15)19-20/h2-8,10,18,20H,9H2,1H3,(H2,15,19)/t10-/m1/s1. The Morgan fingerprint density at radius 1 is 1.35 bits per heavy atom. The Morgan fingerprint density at radius 3 is 2.90 bits per heavy atom. The highest BCUT2D eigenvalue weighted by atomic mass is 16.4. The molecule has 2 heterocycles. The number of nitrogens with two attached hydrogens (primary N) is 1. The highest BCUT2D eigenvalue weighted by Crippen LogP contribution is 2.10. The monoisotopic (exact) mass is 271 g/mol. The van der Waals surface area contributed by atoms with Gasteiger partial charge in [-0.3, -0.25) is 9.97 Å². The second-order valence-corrected chi connectivity index (χ2v) is 4.39. The topological polar surface area (TPSA) is 96.4 Å². The van der Waals surface area contributed by atoms with Crippen LogP contribution in [0.15, 0.2) is 47.9 Å². The van der Waals surface area contributed by atoms with Crippen molar-refractivity contribution in [2.24, 2.45) is 10.9 Å². The van der Waals surface area contributed by atoms with Gasteiger partial charge in [0.25, 0.3) is 0 Å². The van der Waals surface area contributed by atoms with Crippen molar-refractivity contribution in [3.8, 4) is 0 Å². The third-order valence-corrected chi connectivity index (χ3v) is 2.94. The molecule has 1 atom stereocenters. The lowest BCUT2D eigenvalue weighted by Crippen LogP contribution is -2.20. The average Bonchev–Trinajstić information content (AvgIpc) is 2.53. The summed E-state index contributed by atoms with van der Waals surface area (Å²) in [4.78, 5) is 8.34. The van der Waals surface area contributed by atoms with Gasteiger partial charge in [-0.1, -0.05) is 11.2 Å². The number of oxime groups is 1. The van der Waals surface area contributed by atoms with E-state index < -0.39 is 0 Å². The van der Waals surface area contributed by atoms with Gasteiger partial charge in [-0.15, -0.1) is 0 Å². The van der Waals surface area contributed by atoms with Crippen molar-refractivity contribution in [3.05, 3.63) is 59.7 Å². The quantitative estimate of drug-likeness (QED) is 0.331. The van der Waals surface area contributed by atoms with Gasteiger partial charge in [0, 0.05) is 25.0 Å². The molecule has 2 aromatic heterocycles. The Bertz CT molecular complexity index is 585. The molecule has 0 aliphatic heterocycles. The number of nitrogens with zero attached hydrogens (tertiary/aromatic N) is 3. The van der Waals surface area contributed by atoms with Gasteiger partial charge in [-0.2, -0.15) is 0 Å². The minimum Gasteiger partial charge on any atom is -0.409 e. The summed E-state index contributed by atoms with van der Waals surface area (Å²) in [5, 5.41) is 15.0. The predicted octanol–water partition coefficient (Wildman–Crippen LogP) is 1.42. The Balaban J connectivity index is 2.01. The van der Waals surface area contributed by atoms with Crippen LogP contribution in [0.25, 0.3) is 0 Å². The molecule has 2 rings (SSSR count). The maximum absolute atomic E-state index is 8.64. The van der Waals surface area contributed by atoms with Gasteiger partial charge in [0.05, 0.1) is 5.69 Å². The van der Waals surface area contributed by atoms with E-state index in [1.807, 2.05) is 31.2 Å². The molecule has 0 saturated carbocycles. The third-order valence-electron chi connectivity index (χ3n) is 2.94. The number of pyridine rings is 2. The van der Waals surface area contributed by atoms with Gasteiger partial charge in [0.1, 0.15) is 5.69 Å². The van der Waals surface area contributed by atoms with Crippen LogP contribution < -0.4 is 11.1 Å². The average molecular weight is 271 g/mol. The van der Waals surface area contributed by atoms with E-state index in [0.717, 1.165) is 11.3 Å².